The molecular weight excluding hydrogens is 126 g/mol. The second kappa shape index (κ2) is 2.60. The molecule has 10 heavy (non-hydrogen) atoms. The number of amides is 1. The highest BCUT2D eigenvalue weighted by Crippen LogP contribution is 2.36. The molecule has 0 saturated heterocycles. The van der Waals surface area contributed by atoms with Gasteiger partial charge in [0.05, 0.1) is 0 Å². The van der Waals surface area contributed by atoms with Crippen LogP contribution in [0.3, 0.4) is 0 Å². The maximum absolute atomic E-state index is 10.6. The van der Waals surface area contributed by atoms with Gasteiger partial charge in [-0.2, -0.15) is 0 Å². The van der Waals surface area contributed by atoms with E-state index in [1.165, 1.54) is 6.42 Å². The molecule has 0 aromatic heterocycles. The van der Waals surface area contributed by atoms with Crippen molar-refractivity contribution in [2.45, 2.75) is 33.2 Å². The van der Waals surface area contributed by atoms with Crippen molar-refractivity contribution in [1.82, 2.24) is 5.32 Å². The molecule has 1 aliphatic rings. The van der Waals surface area contributed by atoms with Crippen molar-refractivity contribution in [3.8, 4) is 0 Å². The number of carbonyl (C=O) groups is 1. The van der Waals surface area contributed by atoms with Crippen LogP contribution < -0.4 is 5.32 Å². The van der Waals surface area contributed by atoms with Crippen LogP contribution in [0.1, 0.15) is 27.2 Å². The van der Waals surface area contributed by atoms with Gasteiger partial charge in [-0.25, -0.2) is 0 Å². The van der Waals surface area contributed by atoms with E-state index in [2.05, 4.69) is 19.2 Å². The first kappa shape index (κ1) is 7.58. The highest BCUT2D eigenvalue weighted by Gasteiger charge is 2.39. The maximum Gasteiger partial charge on any atom is 0.217 e. The molecule has 0 aliphatic heterocycles. The van der Waals surface area contributed by atoms with E-state index < -0.39 is 0 Å². The van der Waals surface area contributed by atoms with Gasteiger partial charge in [-0.1, -0.05) is 13.8 Å². The molecule has 0 bridgehead atoms. The Labute approximate surface area is 62.0 Å². The lowest BCUT2D eigenvalue weighted by molar-refractivity contribution is -0.119. The van der Waals surface area contributed by atoms with Crippen molar-refractivity contribution in [2.75, 3.05) is 0 Å². The summed E-state index contributed by atoms with van der Waals surface area (Å²) in [5.41, 5.74) is 0. The Morgan fingerprint density at radius 1 is 1.60 bits per heavy atom. The lowest BCUT2D eigenvalue weighted by atomic mass is 10.1. The van der Waals surface area contributed by atoms with E-state index in [-0.39, 0.29) is 5.91 Å². The van der Waals surface area contributed by atoms with Crippen LogP contribution in [0.5, 0.6) is 0 Å². The third kappa shape index (κ3) is 1.72. The van der Waals surface area contributed by atoms with Gasteiger partial charge in [-0.15, -0.1) is 0 Å². The van der Waals surface area contributed by atoms with Crippen LogP contribution in [0, 0.1) is 11.8 Å². The number of carbonyl (C=O) groups excluding carboxylic acids is 1. The molecule has 2 heteroatoms. The zero-order chi connectivity index (χ0) is 7.72. The molecule has 2 atom stereocenters. The Balaban J connectivity index is 2.19. The fraction of sp³-hybridized carbons (Fsp3) is 0.875. The molecule has 1 aliphatic carbocycles. The van der Waals surface area contributed by atoms with E-state index >= 15 is 0 Å². The van der Waals surface area contributed by atoms with Crippen LogP contribution in [0.25, 0.3) is 0 Å². The Morgan fingerprint density at radius 2 is 2.20 bits per heavy atom. The molecule has 0 unspecified atom stereocenters. The molecule has 2 nitrogen and oxygen atoms in total. The second-order valence-corrected chi connectivity index (χ2v) is 3.45. The van der Waals surface area contributed by atoms with E-state index in [1.54, 1.807) is 6.92 Å². The van der Waals surface area contributed by atoms with Gasteiger partial charge in [0.2, 0.25) is 5.91 Å². The third-order valence-corrected chi connectivity index (χ3v) is 2.08. The first-order valence-electron chi connectivity index (χ1n) is 3.88. The van der Waals surface area contributed by atoms with Gasteiger partial charge in [-0.05, 0) is 18.3 Å². The molecular formula is C8H15NO. The molecule has 1 fully saturated rings. The lowest BCUT2D eigenvalue weighted by Gasteiger charge is -2.02. The predicted octanol–water partition coefficient (Wildman–Crippen LogP) is 1.17. The van der Waals surface area contributed by atoms with Crippen LogP contribution >= 0.6 is 0 Å². The molecule has 0 aromatic carbocycles. The number of nitrogens with one attached hydrogen (secondary N) is 1. The van der Waals surface area contributed by atoms with Crippen molar-refractivity contribution < 1.29 is 4.79 Å². The van der Waals surface area contributed by atoms with Crippen molar-refractivity contribution in [3.63, 3.8) is 0 Å². The number of hydrogen-bond acceptors (Lipinski definition) is 1. The minimum absolute atomic E-state index is 0.105. The first-order valence-corrected chi connectivity index (χ1v) is 3.88. The molecule has 0 radical (unpaired) electrons. The lowest BCUT2D eigenvalue weighted by Crippen LogP contribution is -2.24. The molecule has 58 valence electrons. The normalized spacial score (nSPS) is 30.4. The summed E-state index contributed by atoms with van der Waals surface area (Å²) in [4.78, 5) is 10.6. The van der Waals surface area contributed by atoms with Gasteiger partial charge in [-0.3, -0.25) is 4.79 Å². The molecule has 0 spiro atoms. The Hall–Kier alpha value is -0.530. The van der Waals surface area contributed by atoms with Crippen LogP contribution in [-0.4, -0.2) is 11.9 Å². The predicted molar refractivity (Wildman–Crippen MR) is 40.5 cm³/mol. The minimum atomic E-state index is 0.105. The van der Waals surface area contributed by atoms with Gasteiger partial charge < -0.3 is 5.32 Å². The van der Waals surface area contributed by atoms with E-state index in [0.29, 0.717) is 6.04 Å². The van der Waals surface area contributed by atoms with Gasteiger partial charge in [0, 0.05) is 13.0 Å². The highest BCUT2D eigenvalue weighted by molar-refractivity contribution is 5.73. The molecule has 0 heterocycles. The van der Waals surface area contributed by atoms with Crippen LogP contribution in [0.2, 0.25) is 0 Å². The van der Waals surface area contributed by atoms with Gasteiger partial charge >= 0.3 is 0 Å². The van der Waals surface area contributed by atoms with Crippen LogP contribution in [0.4, 0.5) is 0 Å². The standard InChI is InChI=1S/C8H15NO/c1-5(2)7-4-8(7)9-6(3)10/h5,7-8H,4H2,1-3H3,(H,9,10)/t7-,8+/m1/s1. The zero-order valence-corrected chi connectivity index (χ0v) is 6.85. The largest absolute Gasteiger partial charge is 0.353 e. The fourth-order valence-electron chi connectivity index (χ4n) is 1.38. The van der Waals surface area contributed by atoms with Gasteiger partial charge in [0.25, 0.3) is 0 Å². The molecule has 1 amide bonds. The first-order chi connectivity index (χ1) is 4.61. The van der Waals surface area contributed by atoms with Crippen molar-refractivity contribution >= 4 is 5.91 Å². The summed E-state index contributed by atoms with van der Waals surface area (Å²) < 4.78 is 0. The Morgan fingerprint density at radius 3 is 2.50 bits per heavy atom. The average Bonchev–Trinajstić information content (AvgIpc) is 2.43. The smallest absolute Gasteiger partial charge is 0.217 e. The van der Waals surface area contributed by atoms with Crippen molar-refractivity contribution in [1.29, 1.82) is 0 Å². The van der Waals surface area contributed by atoms with E-state index in [9.17, 15) is 4.79 Å². The highest BCUT2D eigenvalue weighted by atomic mass is 16.1. The Bertz CT molecular complexity index is 142. The maximum atomic E-state index is 10.6. The summed E-state index contributed by atoms with van der Waals surface area (Å²) in [6, 6.07) is 0.484. The quantitative estimate of drug-likeness (QED) is 0.614. The van der Waals surface area contributed by atoms with Crippen LogP contribution in [0.15, 0.2) is 0 Å². The van der Waals surface area contributed by atoms with E-state index in [4.69, 9.17) is 0 Å². The topological polar surface area (TPSA) is 29.1 Å². The van der Waals surface area contributed by atoms with Crippen molar-refractivity contribution in [2.24, 2.45) is 11.8 Å². The molecule has 1 rings (SSSR count). The number of rotatable bonds is 2. The van der Waals surface area contributed by atoms with Crippen LogP contribution in [-0.2, 0) is 4.79 Å². The third-order valence-electron chi connectivity index (χ3n) is 2.08. The summed E-state index contributed by atoms with van der Waals surface area (Å²) >= 11 is 0. The van der Waals surface area contributed by atoms with Crippen molar-refractivity contribution in [3.05, 3.63) is 0 Å². The second-order valence-electron chi connectivity index (χ2n) is 3.45. The minimum Gasteiger partial charge on any atom is -0.353 e. The number of hydrogen-bond donors (Lipinski definition) is 1. The molecule has 0 aromatic rings. The summed E-state index contributed by atoms with van der Waals surface area (Å²) in [5.74, 6) is 1.56. The fourth-order valence-corrected chi connectivity index (χ4v) is 1.38. The molecule has 1 saturated carbocycles. The molecule has 1 N–H and O–H groups in total. The summed E-state index contributed by atoms with van der Waals surface area (Å²) in [6.07, 6.45) is 1.18. The SMILES string of the molecule is CC(=O)N[C@H]1C[C@@H]1C(C)C. The summed E-state index contributed by atoms with van der Waals surface area (Å²) in [7, 11) is 0. The van der Waals surface area contributed by atoms with Gasteiger partial charge in [0.1, 0.15) is 0 Å². The van der Waals surface area contributed by atoms with E-state index in [1.807, 2.05) is 0 Å². The zero-order valence-electron chi connectivity index (χ0n) is 6.85. The average molecular weight is 141 g/mol. The summed E-state index contributed by atoms with van der Waals surface area (Å²) in [6.45, 7) is 5.98. The monoisotopic (exact) mass is 141 g/mol. The Kier molecular flexibility index (Phi) is 1.97. The van der Waals surface area contributed by atoms with Gasteiger partial charge in [0.15, 0.2) is 0 Å². The summed E-state index contributed by atoms with van der Waals surface area (Å²) in [5, 5.41) is 2.91. The van der Waals surface area contributed by atoms with E-state index in [0.717, 1.165) is 11.8 Å².